The molecule has 4 heteroatoms. The Morgan fingerprint density at radius 1 is 1.10 bits per heavy atom. The van der Waals surface area contributed by atoms with E-state index in [1.807, 2.05) is 24.3 Å². The van der Waals surface area contributed by atoms with Gasteiger partial charge >= 0.3 is 0 Å². The molecule has 1 aromatic heterocycles. The molecule has 2 aromatic carbocycles. The fourth-order valence-corrected chi connectivity index (χ4v) is 2.50. The number of halogens is 1. The predicted molar refractivity (Wildman–Crippen MR) is 83.7 cm³/mol. The smallest absolute Gasteiger partial charge is 0.195 e. The first kappa shape index (κ1) is 12.8. The van der Waals surface area contributed by atoms with Crippen LogP contribution in [0.1, 0.15) is 15.9 Å². The highest BCUT2D eigenvalue weighted by atomic mass is 79.9. The lowest BCUT2D eigenvalue weighted by atomic mass is 9.99. The van der Waals surface area contributed by atoms with Gasteiger partial charge in [0, 0.05) is 39.1 Å². The molecular formula is C16H11BrN2O. The number of benzene rings is 2. The van der Waals surface area contributed by atoms with E-state index in [1.54, 1.807) is 30.6 Å². The molecule has 0 aliphatic heterocycles. The summed E-state index contributed by atoms with van der Waals surface area (Å²) < 4.78 is 0.719. The third-order valence-electron chi connectivity index (χ3n) is 3.18. The van der Waals surface area contributed by atoms with Crippen LogP contribution in [-0.4, -0.2) is 10.8 Å². The highest BCUT2D eigenvalue weighted by Crippen LogP contribution is 2.24. The van der Waals surface area contributed by atoms with E-state index in [1.165, 1.54) is 0 Å². The summed E-state index contributed by atoms with van der Waals surface area (Å²) in [6.07, 6.45) is 3.36. The Morgan fingerprint density at radius 2 is 1.90 bits per heavy atom. The van der Waals surface area contributed by atoms with Crippen LogP contribution in [0, 0.1) is 0 Å². The van der Waals surface area contributed by atoms with Crippen LogP contribution in [0.2, 0.25) is 0 Å². The molecule has 0 saturated heterocycles. The van der Waals surface area contributed by atoms with Crippen molar-refractivity contribution in [2.24, 2.45) is 0 Å². The number of pyridine rings is 1. The SMILES string of the molecule is Nc1ccc(C(=O)c2cncc3ccccc23)cc1Br. The molecule has 3 rings (SSSR count). The molecule has 1 heterocycles. The normalized spacial score (nSPS) is 10.7. The van der Waals surface area contributed by atoms with Crippen molar-refractivity contribution >= 4 is 38.2 Å². The number of nitrogens with two attached hydrogens (primary N) is 1. The number of nitrogens with zero attached hydrogens (tertiary/aromatic N) is 1. The van der Waals surface area contributed by atoms with E-state index in [0.717, 1.165) is 15.2 Å². The lowest BCUT2D eigenvalue weighted by Gasteiger charge is -2.06. The maximum absolute atomic E-state index is 12.6. The first-order valence-corrected chi connectivity index (χ1v) is 6.88. The summed E-state index contributed by atoms with van der Waals surface area (Å²) in [6, 6.07) is 12.9. The molecule has 0 atom stereocenters. The summed E-state index contributed by atoms with van der Waals surface area (Å²) in [4.78, 5) is 16.8. The van der Waals surface area contributed by atoms with Crippen molar-refractivity contribution in [3.63, 3.8) is 0 Å². The number of rotatable bonds is 2. The van der Waals surface area contributed by atoms with Crippen LogP contribution in [0.15, 0.2) is 59.3 Å². The summed E-state index contributed by atoms with van der Waals surface area (Å²) in [6.45, 7) is 0. The molecule has 0 bridgehead atoms. The second-order valence-electron chi connectivity index (χ2n) is 4.47. The summed E-state index contributed by atoms with van der Waals surface area (Å²) in [7, 11) is 0. The van der Waals surface area contributed by atoms with Crippen LogP contribution in [0.4, 0.5) is 5.69 Å². The fraction of sp³-hybridized carbons (Fsp3) is 0. The van der Waals surface area contributed by atoms with Crippen LogP contribution in [-0.2, 0) is 0 Å². The second kappa shape index (κ2) is 5.06. The molecule has 3 aromatic rings. The van der Waals surface area contributed by atoms with Gasteiger partial charge in [0.15, 0.2) is 5.78 Å². The molecule has 0 saturated carbocycles. The predicted octanol–water partition coefficient (Wildman–Crippen LogP) is 3.81. The number of nitrogen functional groups attached to an aromatic ring is 1. The minimum absolute atomic E-state index is 0.0602. The van der Waals surface area contributed by atoms with E-state index in [4.69, 9.17) is 5.73 Å². The minimum Gasteiger partial charge on any atom is -0.398 e. The zero-order valence-electron chi connectivity index (χ0n) is 10.5. The van der Waals surface area contributed by atoms with Crippen LogP contribution in [0.25, 0.3) is 10.8 Å². The summed E-state index contributed by atoms with van der Waals surface area (Å²) in [5.41, 5.74) is 7.54. The van der Waals surface area contributed by atoms with Gasteiger partial charge in [-0.25, -0.2) is 0 Å². The molecule has 0 unspecified atom stereocenters. The van der Waals surface area contributed by atoms with Crippen molar-refractivity contribution in [3.05, 3.63) is 70.5 Å². The Balaban J connectivity index is 2.15. The number of carbonyl (C=O) groups excluding carboxylic acids is 1. The van der Waals surface area contributed by atoms with Crippen molar-refractivity contribution in [1.82, 2.24) is 4.98 Å². The van der Waals surface area contributed by atoms with Crippen molar-refractivity contribution in [3.8, 4) is 0 Å². The third-order valence-corrected chi connectivity index (χ3v) is 3.86. The van der Waals surface area contributed by atoms with Crippen LogP contribution >= 0.6 is 15.9 Å². The zero-order valence-corrected chi connectivity index (χ0v) is 12.1. The summed E-state index contributed by atoms with van der Waals surface area (Å²) >= 11 is 3.34. The van der Waals surface area contributed by atoms with Crippen LogP contribution < -0.4 is 5.73 Å². The fourth-order valence-electron chi connectivity index (χ4n) is 2.12. The molecule has 0 aliphatic carbocycles. The lowest BCUT2D eigenvalue weighted by molar-refractivity contribution is 0.104. The Kier molecular flexibility index (Phi) is 3.24. The van der Waals surface area contributed by atoms with Gasteiger partial charge in [-0.1, -0.05) is 24.3 Å². The van der Waals surface area contributed by atoms with E-state index in [-0.39, 0.29) is 5.78 Å². The Morgan fingerprint density at radius 3 is 2.70 bits per heavy atom. The van der Waals surface area contributed by atoms with Gasteiger partial charge in [0.25, 0.3) is 0 Å². The van der Waals surface area contributed by atoms with Crippen LogP contribution in [0.3, 0.4) is 0 Å². The van der Waals surface area contributed by atoms with Gasteiger partial charge in [-0.15, -0.1) is 0 Å². The average Bonchev–Trinajstić information content (AvgIpc) is 2.49. The summed E-state index contributed by atoms with van der Waals surface area (Å²) in [5.74, 6) is -0.0602. The first-order chi connectivity index (χ1) is 9.66. The molecule has 20 heavy (non-hydrogen) atoms. The highest BCUT2D eigenvalue weighted by molar-refractivity contribution is 9.10. The van der Waals surface area contributed by atoms with Gasteiger partial charge in [0.05, 0.1) is 0 Å². The number of fused-ring (bicyclic) bond motifs is 1. The zero-order chi connectivity index (χ0) is 14.1. The highest BCUT2D eigenvalue weighted by Gasteiger charge is 2.13. The van der Waals surface area contributed by atoms with Gasteiger partial charge < -0.3 is 5.73 Å². The molecule has 0 aliphatic rings. The average molecular weight is 327 g/mol. The van der Waals surface area contributed by atoms with Gasteiger partial charge in [-0.05, 0) is 39.5 Å². The molecule has 98 valence electrons. The van der Waals surface area contributed by atoms with Crippen LogP contribution in [0.5, 0.6) is 0 Å². The molecule has 0 spiro atoms. The number of aromatic nitrogens is 1. The Hall–Kier alpha value is -2.20. The third kappa shape index (κ3) is 2.18. The molecule has 2 N–H and O–H groups in total. The quantitative estimate of drug-likeness (QED) is 0.575. The molecule has 0 radical (unpaired) electrons. The maximum Gasteiger partial charge on any atom is 0.195 e. The molecule has 3 nitrogen and oxygen atoms in total. The van der Waals surface area contributed by atoms with Crippen molar-refractivity contribution in [2.45, 2.75) is 0 Å². The Bertz CT molecular complexity index is 809. The van der Waals surface area contributed by atoms with E-state index in [9.17, 15) is 4.79 Å². The van der Waals surface area contributed by atoms with E-state index >= 15 is 0 Å². The van der Waals surface area contributed by atoms with E-state index in [2.05, 4.69) is 20.9 Å². The summed E-state index contributed by atoms with van der Waals surface area (Å²) in [5, 5.41) is 1.85. The van der Waals surface area contributed by atoms with E-state index < -0.39 is 0 Å². The van der Waals surface area contributed by atoms with Crippen molar-refractivity contribution < 1.29 is 4.79 Å². The Labute approximate surface area is 124 Å². The molecular weight excluding hydrogens is 316 g/mol. The van der Waals surface area contributed by atoms with Gasteiger partial charge in [0.1, 0.15) is 0 Å². The second-order valence-corrected chi connectivity index (χ2v) is 5.33. The maximum atomic E-state index is 12.6. The van der Waals surface area contributed by atoms with Gasteiger partial charge in [0.2, 0.25) is 0 Å². The van der Waals surface area contributed by atoms with Crippen molar-refractivity contribution in [1.29, 1.82) is 0 Å². The van der Waals surface area contributed by atoms with E-state index in [0.29, 0.717) is 16.8 Å². The standard InChI is InChI=1S/C16H11BrN2O/c17-14-7-10(5-6-15(14)18)16(20)13-9-19-8-11-3-1-2-4-12(11)13/h1-9H,18H2. The topological polar surface area (TPSA) is 56.0 Å². The largest absolute Gasteiger partial charge is 0.398 e. The monoisotopic (exact) mass is 326 g/mol. The number of ketones is 1. The molecule has 0 amide bonds. The first-order valence-electron chi connectivity index (χ1n) is 6.09. The van der Waals surface area contributed by atoms with Gasteiger partial charge in [-0.2, -0.15) is 0 Å². The minimum atomic E-state index is -0.0602. The lowest BCUT2D eigenvalue weighted by Crippen LogP contribution is -2.03. The molecule has 0 fully saturated rings. The number of hydrogen-bond donors (Lipinski definition) is 1. The van der Waals surface area contributed by atoms with Gasteiger partial charge in [-0.3, -0.25) is 9.78 Å². The number of anilines is 1. The van der Waals surface area contributed by atoms with Crippen molar-refractivity contribution in [2.75, 3.05) is 5.73 Å². The number of hydrogen-bond acceptors (Lipinski definition) is 3. The number of carbonyl (C=O) groups is 1.